The largest absolute Gasteiger partial charge is 0.418 e. The summed E-state index contributed by atoms with van der Waals surface area (Å²) in [6.45, 7) is 0.985. The molecule has 1 saturated heterocycles. The number of aryl methyl sites for hydroxylation is 1. The Morgan fingerprint density at radius 3 is 2.67 bits per heavy atom. The first kappa shape index (κ1) is 18.9. The van der Waals surface area contributed by atoms with E-state index in [0.717, 1.165) is 6.07 Å². The van der Waals surface area contributed by atoms with Gasteiger partial charge in [0.2, 0.25) is 5.91 Å². The third kappa shape index (κ3) is 4.29. The van der Waals surface area contributed by atoms with Crippen molar-refractivity contribution in [1.82, 2.24) is 9.78 Å². The molecule has 2 heterocycles. The Labute approximate surface area is 153 Å². The van der Waals surface area contributed by atoms with E-state index in [9.17, 15) is 22.8 Å². The van der Waals surface area contributed by atoms with Crippen molar-refractivity contribution in [3.8, 4) is 0 Å². The molecule has 1 N–H and O–H groups in total. The van der Waals surface area contributed by atoms with Gasteiger partial charge in [-0.15, -0.1) is 0 Å². The molecule has 1 amide bonds. The maximum absolute atomic E-state index is 13.1. The van der Waals surface area contributed by atoms with Crippen LogP contribution in [-0.2, 0) is 18.0 Å². The lowest BCUT2D eigenvalue weighted by Gasteiger charge is -2.33. The third-order valence-corrected chi connectivity index (χ3v) is 4.55. The predicted octanol–water partition coefficient (Wildman–Crippen LogP) is 2.65. The van der Waals surface area contributed by atoms with Crippen molar-refractivity contribution < 1.29 is 18.0 Å². The van der Waals surface area contributed by atoms with Gasteiger partial charge in [0, 0.05) is 26.2 Å². The topological polar surface area (TPSA) is 67.2 Å². The Balaban J connectivity index is 1.74. The molecule has 0 radical (unpaired) electrons. The van der Waals surface area contributed by atoms with E-state index >= 15 is 0 Å². The summed E-state index contributed by atoms with van der Waals surface area (Å²) < 4.78 is 40.5. The number of carbonyl (C=O) groups excluding carboxylic acids is 1. The normalized spacial score (nSPS) is 17.6. The molecule has 1 aromatic heterocycles. The van der Waals surface area contributed by atoms with Crippen molar-refractivity contribution >= 4 is 17.4 Å². The van der Waals surface area contributed by atoms with E-state index in [0.29, 0.717) is 31.7 Å². The molecule has 0 saturated carbocycles. The van der Waals surface area contributed by atoms with Crippen LogP contribution in [0.3, 0.4) is 0 Å². The van der Waals surface area contributed by atoms with Crippen molar-refractivity contribution in [2.45, 2.75) is 19.0 Å². The summed E-state index contributed by atoms with van der Waals surface area (Å²) in [5, 5.41) is 6.59. The highest BCUT2D eigenvalue weighted by molar-refractivity contribution is 5.93. The Morgan fingerprint density at radius 1 is 1.22 bits per heavy atom. The van der Waals surface area contributed by atoms with Gasteiger partial charge < -0.3 is 10.2 Å². The molecule has 0 bridgehead atoms. The van der Waals surface area contributed by atoms with Crippen LogP contribution in [0.5, 0.6) is 0 Å². The van der Waals surface area contributed by atoms with E-state index in [4.69, 9.17) is 0 Å². The lowest BCUT2D eigenvalue weighted by molar-refractivity contribution is -0.137. The zero-order valence-electron chi connectivity index (χ0n) is 14.7. The lowest BCUT2D eigenvalue weighted by Crippen LogP contribution is -2.42. The standard InChI is InChI=1S/C18H19F3N4O2/c1-24-16(26)9-8-15(23-24)25-10-4-5-12(11-25)17(27)22-14-7-3-2-6-13(14)18(19,20)21/h2-3,6-9,12H,4-5,10-11H2,1H3,(H,22,27)/t12-/m1/s1. The first-order valence-corrected chi connectivity index (χ1v) is 8.52. The second-order valence-corrected chi connectivity index (χ2v) is 6.47. The number of halogens is 3. The smallest absolute Gasteiger partial charge is 0.354 e. The Kier molecular flexibility index (Phi) is 5.20. The molecule has 0 aliphatic carbocycles. The molecule has 1 aliphatic rings. The van der Waals surface area contributed by atoms with Gasteiger partial charge in [0.1, 0.15) is 5.82 Å². The van der Waals surface area contributed by atoms with Crippen molar-refractivity contribution in [2.24, 2.45) is 13.0 Å². The molecule has 144 valence electrons. The number of nitrogens with one attached hydrogen (secondary N) is 1. The van der Waals surface area contributed by atoms with Gasteiger partial charge in [0.15, 0.2) is 0 Å². The second kappa shape index (κ2) is 7.42. The fourth-order valence-corrected chi connectivity index (χ4v) is 3.13. The van der Waals surface area contributed by atoms with Crippen molar-refractivity contribution in [3.63, 3.8) is 0 Å². The molecular weight excluding hydrogens is 361 g/mol. The van der Waals surface area contributed by atoms with E-state index in [1.54, 1.807) is 6.07 Å². The Bertz CT molecular complexity index is 895. The number of hydrogen-bond donors (Lipinski definition) is 1. The number of amides is 1. The number of piperidine rings is 1. The minimum Gasteiger partial charge on any atom is -0.354 e. The van der Waals surface area contributed by atoms with Crippen LogP contribution in [0.15, 0.2) is 41.2 Å². The van der Waals surface area contributed by atoms with E-state index in [-0.39, 0.29) is 11.2 Å². The summed E-state index contributed by atoms with van der Waals surface area (Å²) in [6.07, 6.45) is -3.27. The number of rotatable bonds is 3. The summed E-state index contributed by atoms with van der Waals surface area (Å²) in [4.78, 5) is 25.9. The molecule has 9 heteroatoms. The summed E-state index contributed by atoms with van der Waals surface area (Å²) in [5.74, 6) is -0.370. The molecule has 27 heavy (non-hydrogen) atoms. The summed E-state index contributed by atoms with van der Waals surface area (Å²) >= 11 is 0. The second-order valence-electron chi connectivity index (χ2n) is 6.47. The first-order valence-electron chi connectivity index (χ1n) is 8.52. The number of alkyl halides is 3. The van der Waals surface area contributed by atoms with Crippen LogP contribution >= 0.6 is 0 Å². The van der Waals surface area contributed by atoms with Crippen LogP contribution in [0.4, 0.5) is 24.7 Å². The first-order chi connectivity index (χ1) is 12.8. The van der Waals surface area contributed by atoms with Crippen molar-refractivity contribution in [3.05, 3.63) is 52.3 Å². The van der Waals surface area contributed by atoms with Gasteiger partial charge in [0.05, 0.1) is 17.2 Å². The molecule has 2 aromatic rings. The van der Waals surface area contributed by atoms with Crippen LogP contribution in [0, 0.1) is 5.92 Å². The van der Waals surface area contributed by atoms with Crippen molar-refractivity contribution in [2.75, 3.05) is 23.3 Å². The quantitative estimate of drug-likeness (QED) is 0.889. The molecule has 6 nitrogen and oxygen atoms in total. The molecule has 0 unspecified atom stereocenters. The van der Waals surface area contributed by atoms with E-state index in [2.05, 4.69) is 10.4 Å². The molecule has 1 atom stereocenters. The summed E-state index contributed by atoms with van der Waals surface area (Å²) in [7, 11) is 1.54. The average molecular weight is 380 g/mol. The number of hydrogen-bond acceptors (Lipinski definition) is 4. The molecule has 3 rings (SSSR count). The molecule has 1 fully saturated rings. The van der Waals surface area contributed by atoms with Gasteiger partial charge in [-0.2, -0.15) is 18.3 Å². The zero-order valence-corrected chi connectivity index (χ0v) is 14.7. The van der Waals surface area contributed by atoms with Gasteiger partial charge in [-0.25, -0.2) is 4.68 Å². The zero-order chi connectivity index (χ0) is 19.6. The summed E-state index contributed by atoms with van der Waals surface area (Å²) in [5.41, 5.74) is -1.35. The van der Waals surface area contributed by atoms with Gasteiger partial charge in [-0.3, -0.25) is 9.59 Å². The van der Waals surface area contributed by atoms with Gasteiger partial charge >= 0.3 is 6.18 Å². The van der Waals surface area contributed by atoms with Crippen LogP contribution in [0.1, 0.15) is 18.4 Å². The van der Waals surface area contributed by atoms with Gasteiger partial charge in [-0.1, -0.05) is 12.1 Å². The number of nitrogens with zero attached hydrogens (tertiary/aromatic N) is 3. The maximum atomic E-state index is 13.1. The molecule has 1 aromatic carbocycles. The summed E-state index contributed by atoms with van der Waals surface area (Å²) in [6, 6.07) is 7.90. The molecular formula is C18H19F3N4O2. The number of para-hydroxylation sites is 1. The SMILES string of the molecule is Cn1nc(N2CCC[C@@H](C(=O)Nc3ccccc3C(F)(F)F)C2)ccc1=O. The van der Waals surface area contributed by atoms with E-state index in [1.807, 2.05) is 4.90 Å². The van der Waals surface area contributed by atoms with Gasteiger partial charge in [0.25, 0.3) is 5.56 Å². The van der Waals surface area contributed by atoms with Crippen molar-refractivity contribution in [1.29, 1.82) is 0 Å². The number of benzene rings is 1. The van der Waals surface area contributed by atoms with Crippen LogP contribution in [-0.4, -0.2) is 28.8 Å². The fourth-order valence-electron chi connectivity index (χ4n) is 3.13. The highest BCUT2D eigenvalue weighted by Gasteiger charge is 2.34. The minimum atomic E-state index is -4.54. The highest BCUT2D eigenvalue weighted by atomic mass is 19.4. The highest BCUT2D eigenvalue weighted by Crippen LogP contribution is 2.35. The van der Waals surface area contributed by atoms with E-state index < -0.39 is 23.6 Å². The molecule has 1 aliphatic heterocycles. The van der Waals surface area contributed by atoms with Crippen LogP contribution in [0.2, 0.25) is 0 Å². The van der Waals surface area contributed by atoms with Gasteiger partial charge in [-0.05, 0) is 31.0 Å². The fraction of sp³-hybridized carbons (Fsp3) is 0.389. The average Bonchev–Trinajstić information content (AvgIpc) is 2.63. The lowest BCUT2D eigenvalue weighted by atomic mass is 9.96. The molecule has 0 spiro atoms. The monoisotopic (exact) mass is 380 g/mol. The predicted molar refractivity (Wildman–Crippen MR) is 94.5 cm³/mol. The number of anilines is 2. The maximum Gasteiger partial charge on any atom is 0.418 e. The van der Waals surface area contributed by atoms with Crippen LogP contribution < -0.4 is 15.8 Å². The Morgan fingerprint density at radius 2 is 1.96 bits per heavy atom. The number of aromatic nitrogens is 2. The number of carbonyl (C=O) groups is 1. The van der Waals surface area contributed by atoms with Crippen LogP contribution in [0.25, 0.3) is 0 Å². The van der Waals surface area contributed by atoms with E-state index in [1.165, 1.54) is 36.0 Å². The Hall–Kier alpha value is -2.84. The minimum absolute atomic E-state index is 0.242. The third-order valence-electron chi connectivity index (χ3n) is 4.55.